The zero-order valence-electron chi connectivity index (χ0n) is 8.57. The average molecular weight is 188 g/mol. The number of carbonyl (C=O) groups excluding carboxylic acids is 1. The van der Waals surface area contributed by atoms with Crippen LogP contribution < -0.4 is 0 Å². The molecular formula is C13H16O. The highest BCUT2D eigenvalue weighted by molar-refractivity contribution is 5.80. The first kappa shape index (κ1) is 10.7. The first-order valence-corrected chi connectivity index (χ1v) is 5.06. The minimum atomic E-state index is 0.319. The molecule has 0 aliphatic rings. The zero-order chi connectivity index (χ0) is 10.2. The lowest BCUT2D eigenvalue weighted by molar-refractivity contribution is -0.118. The third-order valence-corrected chi connectivity index (χ3v) is 1.98. The summed E-state index contributed by atoms with van der Waals surface area (Å²) >= 11 is 0. The number of carbonyl (C=O) groups is 1. The maximum atomic E-state index is 11.2. The van der Waals surface area contributed by atoms with Gasteiger partial charge in [-0.3, -0.25) is 4.79 Å². The summed E-state index contributed by atoms with van der Waals surface area (Å²) in [6, 6.07) is 10.0. The maximum Gasteiger partial charge on any atom is 0.136 e. The normalized spacial score (nSPS) is 10.6. The molecule has 0 spiro atoms. The van der Waals surface area contributed by atoms with Gasteiger partial charge in [0.2, 0.25) is 0 Å². The molecule has 0 unspecified atom stereocenters. The van der Waals surface area contributed by atoms with Gasteiger partial charge in [-0.25, -0.2) is 0 Å². The standard InChI is InChI=1S/C13H16O/c1-2-7-13(14)11-6-10-12-8-4-3-5-9-12/h3-6,8-10H,2,7,11H2,1H3/b10-6+. The van der Waals surface area contributed by atoms with Crippen molar-refractivity contribution in [1.29, 1.82) is 0 Å². The second-order valence-corrected chi connectivity index (χ2v) is 3.31. The maximum absolute atomic E-state index is 11.2. The lowest BCUT2D eigenvalue weighted by Crippen LogP contribution is -1.93. The Morgan fingerprint density at radius 3 is 2.64 bits per heavy atom. The molecule has 74 valence electrons. The molecule has 0 saturated heterocycles. The van der Waals surface area contributed by atoms with E-state index in [0.717, 1.165) is 12.0 Å². The van der Waals surface area contributed by atoms with Crippen LogP contribution in [0.3, 0.4) is 0 Å². The van der Waals surface area contributed by atoms with Crippen LogP contribution in [-0.2, 0) is 4.79 Å². The summed E-state index contributed by atoms with van der Waals surface area (Å²) in [5.41, 5.74) is 1.15. The Kier molecular flexibility index (Phi) is 4.70. The zero-order valence-corrected chi connectivity index (χ0v) is 8.57. The molecule has 0 radical (unpaired) electrons. The number of Topliss-reactive ketones (excluding diaryl/α,β-unsaturated/α-hetero) is 1. The van der Waals surface area contributed by atoms with E-state index < -0.39 is 0 Å². The molecule has 0 heterocycles. The Morgan fingerprint density at radius 1 is 1.29 bits per heavy atom. The van der Waals surface area contributed by atoms with Crippen LogP contribution in [0.25, 0.3) is 6.08 Å². The molecule has 0 bridgehead atoms. The van der Waals surface area contributed by atoms with Crippen LogP contribution in [-0.4, -0.2) is 5.78 Å². The van der Waals surface area contributed by atoms with E-state index in [9.17, 15) is 4.79 Å². The van der Waals surface area contributed by atoms with Crippen molar-refractivity contribution in [2.75, 3.05) is 0 Å². The highest BCUT2D eigenvalue weighted by Crippen LogP contribution is 2.03. The van der Waals surface area contributed by atoms with E-state index in [1.807, 2.05) is 49.4 Å². The number of ketones is 1. The molecule has 0 aliphatic carbocycles. The lowest BCUT2D eigenvalue weighted by atomic mass is 10.1. The van der Waals surface area contributed by atoms with Crippen molar-refractivity contribution in [3.05, 3.63) is 42.0 Å². The Hall–Kier alpha value is -1.37. The van der Waals surface area contributed by atoms with Gasteiger partial charge in [-0.2, -0.15) is 0 Å². The van der Waals surface area contributed by atoms with Gasteiger partial charge in [0.1, 0.15) is 5.78 Å². The fourth-order valence-corrected chi connectivity index (χ4v) is 1.27. The minimum absolute atomic E-state index is 0.319. The van der Waals surface area contributed by atoms with Crippen molar-refractivity contribution in [2.45, 2.75) is 26.2 Å². The van der Waals surface area contributed by atoms with Gasteiger partial charge in [0, 0.05) is 12.8 Å². The molecule has 0 saturated carbocycles. The van der Waals surface area contributed by atoms with Crippen LogP contribution in [0.2, 0.25) is 0 Å². The van der Waals surface area contributed by atoms with Gasteiger partial charge in [-0.05, 0) is 12.0 Å². The molecule has 0 N–H and O–H groups in total. The highest BCUT2D eigenvalue weighted by Gasteiger charge is 1.95. The van der Waals surface area contributed by atoms with Gasteiger partial charge < -0.3 is 0 Å². The van der Waals surface area contributed by atoms with Crippen molar-refractivity contribution in [3.8, 4) is 0 Å². The van der Waals surface area contributed by atoms with E-state index in [-0.39, 0.29) is 0 Å². The smallest absolute Gasteiger partial charge is 0.136 e. The van der Waals surface area contributed by atoms with E-state index in [2.05, 4.69) is 0 Å². The van der Waals surface area contributed by atoms with Crippen molar-refractivity contribution in [3.63, 3.8) is 0 Å². The highest BCUT2D eigenvalue weighted by atomic mass is 16.1. The van der Waals surface area contributed by atoms with Crippen LogP contribution in [0, 0.1) is 0 Å². The van der Waals surface area contributed by atoms with Gasteiger partial charge >= 0.3 is 0 Å². The van der Waals surface area contributed by atoms with Crippen LogP contribution in [0.1, 0.15) is 31.7 Å². The van der Waals surface area contributed by atoms with E-state index in [0.29, 0.717) is 18.6 Å². The number of rotatable bonds is 5. The lowest BCUT2D eigenvalue weighted by Gasteiger charge is -1.93. The first-order valence-electron chi connectivity index (χ1n) is 5.06. The monoisotopic (exact) mass is 188 g/mol. The quantitative estimate of drug-likeness (QED) is 0.691. The SMILES string of the molecule is CCCC(=O)C/C=C/c1ccccc1. The Balaban J connectivity index is 2.38. The van der Waals surface area contributed by atoms with Crippen LogP contribution in [0.4, 0.5) is 0 Å². The number of allylic oxidation sites excluding steroid dienone is 1. The summed E-state index contributed by atoms with van der Waals surface area (Å²) in [4.78, 5) is 11.2. The summed E-state index contributed by atoms with van der Waals surface area (Å²) in [7, 11) is 0. The fraction of sp³-hybridized carbons (Fsp3) is 0.308. The van der Waals surface area contributed by atoms with Gasteiger partial charge in [0.05, 0.1) is 0 Å². The molecule has 1 aromatic carbocycles. The van der Waals surface area contributed by atoms with Crippen molar-refractivity contribution >= 4 is 11.9 Å². The van der Waals surface area contributed by atoms with E-state index in [1.165, 1.54) is 0 Å². The summed E-state index contributed by atoms with van der Waals surface area (Å²) in [5, 5.41) is 0. The largest absolute Gasteiger partial charge is 0.299 e. The summed E-state index contributed by atoms with van der Waals surface area (Å²) in [5.74, 6) is 0.319. The second-order valence-electron chi connectivity index (χ2n) is 3.31. The summed E-state index contributed by atoms with van der Waals surface area (Å²) in [6.45, 7) is 2.03. The van der Waals surface area contributed by atoms with Crippen LogP contribution in [0.5, 0.6) is 0 Å². The molecule has 0 aliphatic heterocycles. The number of hydrogen-bond acceptors (Lipinski definition) is 1. The topological polar surface area (TPSA) is 17.1 Å². The molecule has 1 aromatic rings. The number of hydrogen-bond donors (Lipinski definition) is 0. The predicted molar refractivity (Wildman–Crippen MR) is 60.0 cm³/mol. The molecule has 1 nitrogen and oxygen atoms in total. The second kappa shape index (κ2) is 6.14. The van der Waals surface area contributed by atoms with Gasteiger partial charge in [-0.1, -0.05) is 49.4 Å². The molecule has 0 aromatic heterocycles. The van der Waals surface area contributed by atoms with Gasteiger partial charge in [0.15, 0.2) is 0 Å². The minimum Gasteiger partial charge on any atom is -0.299 e. The van der Waals surface area contributed by atoms with E-state index in [1.54, 1.807) is 0 Å². The molecule has 1 heteroatoms. The van der Waals surface area contributed by atoms with Gasteiger partial charge in [0.25, 0.3) is 0 Å². The Morgan fingerprint density at radius 2 is 2.00 bits per heavy atom. The van der Waals surface area contributed by atoms with E-state index in [4.69, 9.17) is 0 Å². The van der Waals surface area contributed by atoms with Crippen molar-refractivity contribution in [2.24, 2.45) is 0 Å². The van der Waals surface area contributed by atoms with Gasteiger partial charge in [-0.15, -0.1) is 0 Å². The molecule has 0 fully saturated rings. The number of benzene rings is 1. The third-order valence-electron chi connectivity index (χ3n) is 1.98. The van der Waals surface area contributed by atoms with Crippen LogP contribution in [0.15, 0.2) is 36.4 Å². The third kappa shape index (κ3) is 4.04. The van der Waals surface area contributed by atoms with E-state index >= 15 is 0 Å². The molecule has 14 heavy (non-hydrogen) atoms. The molecule has 1 rings (SSSR count). The Labute approximate surface area is 85.5 Å². The summed E-state index contributed by atoms with van der Waals surface area (Å²) in [6.07, 6.45) is 6.13. The average Bonchev–Trinajstić information content (AvgIpc) is 2.20. The first-order chi connectivity index (χ1) is 6.83. The van der Waals surface area contributed by atoms with Crippen molar-refractivity contribution < 1.29 is 4.79 Å². The Bertz CT molecular complexity index is 298. The molecule has 0 atom stereocenters. The van der Waals surface area contributed by atoms with Crippen LogP contribution >= 0.6 is 0 Å². The summed E-state index contributed by atoms with van der Waals surface area (Å²) < 4.78 is 0. The molecule has 0 amide bonds. The predicted octanol–water partition coefficient (Wildman–Crippen LogP) is 3.46. The molecular weight excluding hydrogens is 172 g/mol. The van der Waals surface area contributed by atoms with Crippen molar-refractivity contribution in [1.82, 2.24) is 0 Å². The fourth-order valence-electron chi connectivity index (χ4n) is 1.27.